The number of halogens is 2. The summed E-state index contributed by atoms with van der Waals surface area (Å²) in [6, 6.07) is 13.8. The molecule has 0 saturated heterocycles. The third-order valence-electron chi connectivity index (χ3n) is 4.47. The van der Waals surface area contributed by atoms with Crippen LogP contribution in [-0.4, -0.2) is 36.8 Å². The molecule has 2 aromatic carbocycles. The summed E-state index contributed by atoms with van der Waals surface area (Å²) in [5.41, 5.74) is 0.596. The number of aromatic nitrogens is 1. The van der Waals surface area contributed by atoms with E-state index < -0.39 is 34.1 Å². The van der Waals surface area contributed by atoms with Gasteiger partial charge in [0.25, 0.3) is 0 Å². The third kappa shape index (κ3) is 3.87. The molecule has 1 aromatic heterocycles. The van der Waals surface area contributed by atoms with E-state index in [1.807, 2.05) is 0 Å². The van der Waals surface area contributed by atoms with Crippen molar-refractivity contribution in [2.24, 2.45) is 0 Å². The molecule has 154 valence electrons. The lowest BCUT2D eigenvalue weighted by Crippen LogP contribution is -2.47. The summed E-state index contributed by atoms with van der Waals surface area (Å²) in [7, 11) is -4.03. The van der Waals surface area contributed by atoms with E-state index in [1.54, 1.807) is 6.07 Å². The summed E-state index contributed by atoms with van der Waals surface area (Å²) in [5, 5.41) is 2.48. The second-order valence-corrected chi connectivity index (χ2v) is 8.45. The smallest absolute Gasteiger partial charge is 0.248 e. The zero-order valence-corrected chi connectivity index (χ0v) is 16.3. The van der Waals surface area contributed by atoms with Crippen LogP contribution in [0.3, 0.4) is 0 Å². The molecule has 2 heterocycles. The number of hydrogen-bond donors (Lipinski definition) is 1. The first kappa shape index (κ1) is 19.9. The van der Waals surface area contributed by atoms with E-state index in [1.165, 1.54) is 59.6 Å². The van der Waals surface area contributed by atoms with Gasteiger partial charge < -0.3 is 10.2 Å². The van der Waals surface area contributed by atoms with Crippen LogP contribution in [0.5, 0.6) is 0 Å². The molecule has 3 aromatic rings. The highest BCUT2D eigenvalue weighted by molar-refractivity contribution is 7.89. The summed E-state index contributed by atoms with van der Waals surface area (Å²) >= 11 is 0. The second kappa shape index (κ2) is 7.81. The van der Waals surface area contributed by atoms with Crippen molar-refractivity contribution < 1.29 is 22.0 Å². The van der Waals surface area contributed by atoms with Crippen molar-refractivity contribution in [2.45, 2.75) is 4.90 Å². The van der Waals surface area contributed by atoms with E-state index in [0.717, 1.165) is 10.4 Å². The molecule has 0 saturated carbocycles. The van der Waals surface area contributed by atoms with Gasteiger partial charge in [-0.05, 0) is 48.5 Å². The Morgan fingerprint density at radius 1 is 1.03 bits per heavy atom. The number of benzene rings is 2. The number of nitrogens with zero attached hydrogens (tertiary/aromatic N) is 3. The van der Waals surface area contributed by atoms with Gasteiger partial charge >= 0.3 is 0 Å². The van der Waals surface area contributed by atoms with Gasteiger partial charge in [-0.3, -0.25) is 4.79 Å². The Labute approximate surface area is 171 Å². The van der Waals surface area contributed by atoms with Crippen molar-refractivity contribution in [3.63, 3.8) is 0 Å². The minimum absolute atomic E-state index is 0.0981. The number of amides is 1. The fourth-order valence-electron chi connectivity index (χ4n) is 3.14. The molecule has 0 fully saturated rings. The Morgan fingerprint density at radius 2 is 1.77 bits per heavy atom. The number of pyridine rings is 1. The molecule has 0 spiro atoms. The predicted molar refractivity (Wildman–Crippen MR) is 107 cm³/mol. The van der Waals surface area contributed by atoms with Crippen molar-refractivity contribution >= 4 is 33.1 Å². The van der Waals surface area contributed by atoms with Crippen molar-refractivity contribution in [1.82, 2.24) is 9.29 Å². The predicted octanol–water partition coefficient (Wildman–Crippen LogP) is 3.10. The third-order valence-corrected chi connectivity index (χ3v) is 6.27. The van der Waals surface area contributed by atoms with Crippen LogP contribution in [0.25, 0.3) is 0 Å². The molecule has 0 bridgehead atoms. The maximum absolute atomic E-state index is 13.8. The molecule has 0 radical (unpaired) electrons. The molecule has 30 heavy (non-hydrogen) atoms. The zero-order valence-electron chi connectivity index (χ0n) is 15.5. The first-order chi connectivity index (χ1) is 14.3. The van der Waals surface area contributed by atoms with Crippen LogP contribution in [0.2, 0.25) is 0 Å². The van der Waals surface area contributed by atoms with Gasteiger partial charge in [-0.1, -0.05) is 12.1 Å². The number of carbonyl (C=O) groups excluding carboxylic acids is 1. The average Bonchev–Trinajstić information content (AvgIpc) is 2.70. The number of sulfonamides is 1. The van der Waals surface area contributed by atoms with Crippen LogP contribution in [0.15, 0.2) is 71.8 Å². The second-order valence-electron chi connectivity index (χ2n) is 6.55. The quantitative estimate of drug-likeness (QED) is 0.688. The number of carbonyl (C=O) groups is 1. The summed E-state index contributed by atoms with van der Waals surface area (Å²) < 4.78 is 54.1. The molecule has 1 amide bonds. The first-order valence-electron chi connectivity index (χ1n) is 8.88. The van der Waals surface area contributed by atoms with Gasteiger partial charge in [0.1, 0.15) is 16.5 Å². The normalized spacial score (nSPS) is 15.5. The number of rotatable bonds is 4. The van der Waals surface area contributed by atoms with Crippen LogP contribution in [0, 0.1) is 11.6 Å². The summed E-state index contributed by atoms with van der Waals surface area (Å²) in [4.78, 5) is 18.0. The number of anilines is 3. The van der Waals surface area contributed by atoms with Crippen LogP contribution in [0.4, 0.5) is 26.0 Å². The number of hydrogen-bond acceptors (Lipinski definition) is 5. The monoisotopic (exact) mass is 430 g/mol. The van der Waals surface area contributed by atoms with Gasteiger partial charge in [0, 0.05) is 17.6 Å². The Balaban J connectivity index is 1.66. The molecule has 4 rings (SSSR count). The van der Waals surface area contributed by atoms with Crippen molar-refractivity contribution in [2.75, 3.05) is 23.4 Å². The maximum atomic E-state index is 13.8. The van der Waals surface area contributed by atoms with Gasteiger partial charge in [-0.15, -0.1) is 0 Å². The number of nitrogens with one attached hydrogen (secondary N) is 1. The van der Waals surface area contributed by atoms with Crippen molar-refractivity contribution in [3.8, 4) is 0 Å². The van der Waals surface area contributed by atoms with E-state index in [4.69, 9.17) is 0 Å². The largest absolute Gasteiger partial charge is 0.325 e. The van der Waals surface area contributed by atoms with Gasteiger partial charge in [0.05, 0.1) is 13.2 Å². The van der Waals surface area contributed by atoms with Crippen molar-refractivity contribution in [1.29, 1.82) is 0 Å². The first-order valence-corrected chi connectivity index (χ1v) is 10.3. The van der Waals surface area contributed by atoms with E-state index in [9.17, 15) is 22.0 Å². The number of fused-ring (bicyclic) bond motifs is 1. The summed E-state index contributed by atoms with van der Waals surface area (Å²) in [5.74, 6) is -1.52. The van der Waals surface area contributed by atoms with Gasteiger partial charge in [-0.2, -0.15) is 4.31 Å². The SMILES string of the molecule is O=C(CN1CN(c2cccc(F)c2)c2ncccc2S1(=O)=O)Nc1cccc(F)c1. The minimum atomic E-state index is -4.03. The lowest BCUT2D eigenvalue weighted by atomic mass is 10.2. The Morgan fingerprint density at radius 3 is 2.50 bits per heavy atom. The highest BCUT2D eigenvalue weighted by Gasteiger charge is 2.38. The standard InChI is InChI=1S/C20H16F2N4O3S/c21-14-4-1-6-16(10-14)24-19(27)12-25-13-26(17-7-2-5-15(22)11-17)20-18(30(25,28)29)8-3-9-23-20/h1-11H,12-13H2,(H,24,27). The molecule has 1 aliphatic heterocycles. The van der Waals surface area contributed by atoms with Gasteiger partial charge in [0.2, 0.25) is 15.9 Å². The van der Waals surface area contributed by atoms with Gasteiger partial charge in [0.15, 0.2) is 5.82 Å². The van der Waals surface area contributed by atoms with Gasteiger partial charge in [-0.25, -0.2) is 22.2 Å². The maximum Gasteiger partial charge on any atom is 0.248 e. The highest BCUT2D eigenvalue weighted by Crippen LogP contribution is 2.36. The average molecular weight is 430 g/mol. The topological polar surface area (TPSA) is 82.6 Å². The van der Waals surface area contributed by atoms with E-state index in [-0.39, 0.29) is 23.1 Å². The van der Waals surface area contributed by atoms with Crippen LogP contribution < -0.4 is 10.2 Å². The molecule has 7 nitrogen and oxygen atoms in total. The summed E-state index contributed by atoms with van der Waals surface area (Å²) in [6.45, 7) is -0.759. The van der Waals surface area contributed by atoms with Crippen molar-refractivity contribution in [3.05, 3.63) is 78.5 Å². The molecule has 1 aliphatic rings. The Kier molecular flexibility index (Phi) is 5.18. The zero-order chi connectivity index (χ0) is 21.3. The van der Waals surface area contributed by atoms with E-state index in [2.05, 4.69) is 10.3 Å². The Hall–Kier alpha value is -3.37. The molecule has 1 N–H and O–H groups in total. The fraction of sp³-hybridized carbons (Fsp3) is 0.100. The van der Waals surface area contributed by atoms with Crippen LogP contribution in [0.1, 0.15) is 0 Å². The van der Waals surface area contributed by atoms with E-state index in [0.29, 0.717) is 5.69 Å². The fourth-order valence-corrected chi connectivity index (χ4v) is 4.61. The molecule has 10 heteroatoms. The van der Waals surface area contributed by atoms with E-state index >= 15 is 0 Å². The molecular weight excluding hydrogens is 414 g/mol. The lowest BCUT2D eigenvalue weighted by Gasteiger charge is -2.36. The molecule has 0 unspecified atom stereocenters. The minimum Gasteiger partial charge on any atom is -0.325 e. The highest BCUT2D eigenvalue weighted by atomic mass is 32.2. The van der Waals surface area contributed by atoms with Crippen LogP contribution in [-0.2, 0) is 14.8 Å². The lowest BCUT2D eigenvalue weighted by molar-refractivity contribution is -0.116. The molecule has 0 atom stereocenters. The van der Waals surface area contributed by atoms with Crippen LogP contribution >= 0.6 is 0 Å². The molecular formula is C20H16F2N4O3S. The molecule has 0 aliphatic carbocycles. The summed E-state index contributed by atoms with van der Waals surface area (Å²) in [6.07, 6.45) is 1.44. The Bertz CT molecular complexity index is 1220.